The van der Waals surface area contributed by atoms with Crippen LogP contribution in [0.1, 0.15) is 11.1 Å². The first kappa shape index (κ1) is 16.1. The smallest absolute Gasteiger partial charge is 0.269 e. The molecule has 7 heteroatoms. The summed E-state index contributed by atoms with van der Waals surface area (Å²) in [7, 11) is 0. The number of hydrogen-bond donors (Lipinski definition) is 0. The highest BCUT2D eigenvalue weighted by Gasteiger charge is 2.12. The number of nitriles is 1. The molecule has 0 fully saturated rings. The largest absolute Gasteiger partial charge is 0.334 e. The van der Waals surface area contributed by atoms with E-state index in [9.17, 15) is 10.1 Å². The Bertz CT molecular complexity index is 903. The Morgan fingerprint density at radius 2 is 1.64 bits per heavy atom. The van der Waals surface area contributed by atoms with E-state index in [-0.39, 0.29) is 5.69 Å². The first-order chi connectivity index (χ1) is 12.2. The molecule has 25 heavy (non-hydrogen) atoms. The van der Waals surface area contributed by atoms with Crippen LogP contribution < -0.4 is 4.90 Å². The summed E-state index contributed by atoms with van der Waals surface area (Å²) in [5.74, 6) is 0. The van der Waals surface area contributed by atoms with Gasteiger partial charge in [-0.2, -0.15) is 5.26 Å². The van der Waals surface area contributed by atoms with Crippen LogP contribution in [0.2, 0.25) is 0 Å². The van der Waals surface area contributed by atoms with E-state index in [1.807, 2.05) is 17.0 Å². The van der Waals surface area contributed by atoms with E-state index in [2.05, 4.69) is 16.0 Å². The van der Waals surface area contributed by atoms with Gasteiger partial charge in [-0.25, -0.2) is 9.97 Å². The third-order valence-electron chi connectivity index (χ3n) is 3.65. The number of aromatic nitrogens is 2. The highest BCUT2D eigenvalue weighted by molar-refractivity contribution is 5.62. The minimum atomic E-state index is -0.423. The molecular weight excluding hydrogens is 318 g/mol. The molecule has 0 aliphatic carbocycles. The van der Waals surface area contributed by atoms with Crippen LogP contribution in [-0.4, -0.2) is 14.9 Å². The van der Waals surface area contributed by atoms with Crippen molar-refractivity contribution < 1.29 is 4.92 Å². The fourth-order valence-corrected chi connectivity index (χ4v) is 2.38. The van der Waals surface area contributed by atoms with Gasteiger partial charge in [0.2, 0.25) is 0 Å². The molecule has 3 rings (SSSR count). The monoisotopic (exact) mass is 331 g/mol. The summed E-state index contributed by atoms with van der Waals surface area (Å²) >= 11 is 0. The molecule has 3 aromatic rings. The molecule has 0 radical (unpaired) electrons. The first-order valence-corrected chi connectivity index (χ1v) is 7.43. The highest BCUT2D eigenvalue weighted by Crippen LogP contribution is 2.27. The standard InChI is InChI=1S/C18H13N5O2/c19-9-14-1-5-16(6-2-14)22(18-10-20-13-21-11-18)12-15-3-7-17(8-4-15)23(24)25/h1-8,10-11,13H,12H2. The Hall–Kier alpha value is -3.79. The van der Waals surface area contributed by atoms with Crippen molar-refractivity contribution in [2.75, 3.05) is 4.90 Å². The van der Waals surface area contributed by atoms with Crippen molar-refractivity contribution in [1.29, 1.82) is 5.26 Å². The van der Waals surface area contributed by atoms with Gasteiger partial charge in [-0.3, -0.25) is 10.1 Å². The molecule has 0 aliphatic rings. The minimum absolute atomic E-state index is 0.0525. The van der Waals surface area contributed by atoms with Gasteiger partial charge in [0.15, 0.2) is 0 Å². The zero-order valence-electron chi connectivity index (χ0n) is 13.1. The molecule has 0 aliphatic heterocycles. The first-order valence-electron chi connectivity index (χ1n) is 7.43. The minimum Gasteiger partial charge on any atom is -0.334 e. The van der Waals surface area contributed by atoms with Crippen molar-refractivity contribution in [3.8, 4) is 6.07 Å². The Morgan fingerprint density at radius 1 is 1.00 bits per heavy atom. The molecule has 1 heterocycles. The van der Waals surface area contributed by atoms with Crippen molar-refractivity contribution >= 4 is 17.1 Å². The molecule has 122 valence electrons. The molecular formula is C18H13N5O2. The molecule has 0 spiro atoms. The van der Waals surface area contributed by atoms with Crippen LogP contribution in [0.3, 0.4) is 0 Å². The van der Waals surface area contributed by atoms with Crippen LogP contribution in [0.4, 0.5) is 17.1 Å². The number of rotatable bonds is 5. The molecule has 2 aromatic carbocycles. The quantitative estimate of drug-likeness (QED) is 0.523. The van der Waals surface area contributed by atoms with Gasteiger partial charge in [-0.1, -0.05) is 12.1 Å². The molecule has 7 nitrogen and oxygen atoms in total. The molecule has 0 N–H and O–H groups in total. The van der Waals surface area contributed by atoms with Crippen molar-refractivity contribution in [1.82, 2.24) is 9.97 Å². The maximum Gasteiger partial charge on any atom is 0.269 e. The Balaban J connectivity index is 1.93. The van der Waals surface area contributed by atoms with Crippen molar-refractivity contribution in [3.63, 3.8) is 0 Å². The number of nitrogens with zero attached hydrogens (tertiary/aromatic N) is 5. The second-order valence-corrected chi connectivity index (χ2v) is 5.27. The predicted molar refractivity (Wildman–Crippen MR) is 92.1 cm³/mol. The number of benzene rings is 2. The number of nitro groups is 1. The zero-order chi connectivity index (χ0) is 17.6. The summed E-state index contributed by atoms with van der Waals surface area (Å²) in [6, 6.07) is 15.7. The second-order valence-electron chi connectivity index (χ2n) is 5.27. The lowest BCUT2D eigenvalue weighted by molar-refractivity contribution is -0.384. The van der Waals surface area contributed by atoms with Gasteiger partial charge >= 0.3 is 0 Å². The summed E-state index contributed by atoms with van der Waals surface area (Å²) in [4.78, 5) is 20.4. The van der Waals surface area contributed by atoms with E-state index >= 15 is 0 Å². The molecule has 0 saturated heterocycles. The molecule has 1 aromatic heterocycles. The van der Waals surface area contributed by atoms with Gasteiger partial charge in [-0.15, -0.1) is 0 Å². The van der Waals surface area contributed by atoms with Gasteiger partial charge in [0, 0.05) is 24.4 Å². The second kappa shape index (κ2) is 7.19. The number of non-ortho nitro benzene ring substituents is 1. The lowest BCUT2D eigenvalue weighted by atomic mass is 10.1. The predicted octanol–water partition coefficient (Wildman–Crippen LogP) is 3.59. The van der Waals surface area contributed by atoms with E-state index in [0.717, 1.165) is 16.9 Å². The average Bonchev–Trinajstić information content (AvgIpc) is 2.67. The fourth-order valence-electron chi connectivity index (χ4n) is 2.38. The topological polar surface area (TPSA) is 96.0 Å². The lowest BCUT2D eigenvalue weighted by Gasteiger charge is -2.24. The highest BCUT2D eigenvalue weighted by atomic mass is 16.6. The van der Waals surface area contributed by atoms with Crippen LogP contribution in [0.5, 0.6) is 0 Å². The Labute approximate surface area is 144 Å². The summed E-state index contributed by atoms with van der Waals surface area (Å²) in [6.07, 6.45) is 4.83. The van der Waals surface area contributed by atoms with Gasteiger partial charge < -0.3 is 4.90 Å². The van der Waals surface area contributed by atoms with Crippen LogP contribution >= 0.6 is 0 Å². The maximum atomic E-state index is 10.8. The maximum absolute atomic E-state index is 10.8. The molecule has 0 unspecified atom stereocenters. The van der Waals surface area contributed by atoms with Crippen molar-refractivity contribution in [3.05, 3.63) is 88.5 Å². The summed E-state index contributed by atoms with van der Waals surface area (Å²) in [5.41, 5.74) is 3.18. The van der Waals surface area contributed by atoms with Gasteiger partial charge in [0.25, 0.3) is 5.69 Å². The van der Waals surface area contributed by atoms with Crippen molar-refractivity contribution in [2.45, 2.75) is 6.54 Å². The van der Waals surface area contributed by atoms with Crippen LogP contribution in [0.15, 0.2) is 67.3 Å². The Morgan fingerprint density at radius 3 is 2.20 bits per heavy atom. The summed E-state index contributed by atoms with van der Waals surface area (Å²) < 4.78 is 0. The van der Waals surface area contributed by atoms with E-state index in [1.165, 1.54) is 18.5 Å². The zero-order valence-corrected chi connectivity index (χ0v) is 13.1. The average molecular weight is 331 g/mol. The third kappa shape index (κ3) is 3.76. The molecule has 0 bridgehead atoms. The summed E-state index contributed by atoms with van der Waals surface area (Å²) in [6.45, 7) is 0.483. The van der Waals surface area contributed by atoms with E-state index in [4.69, 9.17) is 5.26 Å². The van der Waals surface area contributed by atoms with E-state index in [1.54, 1.807) is 36.7 Å². The fraction of sp³-hybridized carbons (Fsp3) is 0.0556. The SMILES string of the molecule is N#Cc1ccc(N(Cc2ccc([N+](=O)[O-])cc2)c2cncnc2)cc1. The lowest BCUT2D eigenvalue weighted by Crippen LogP contribution is -2.16. The van der Waals surface area contributed by atoms with E-state index < -0.39 is 4.92 Å². The van der Waals surface area contributed by atoms with Gasteiger partial charge in [-0.05, 0) is 29.8 Å². The summed E-state index contributed by atoms with van der Waals surface area (Å²) in [5, 5.41) is 19.7. The van der Waals surface area contributed by atoms with Gasteiger partial charge in [0.05, 0.1) is 34.6 Å². The molecule has 0 atom stereocenters. The van der Waals surface area contributed by atoms with Crippen LogP contribution in [-0.2, 0) is 6.54 Å². The number of anilines is 2. The Kier molecular flexibility index (Phi) is 4.62. The van der Waals surface area contributed by atoms with Crippen molar-refractivity contribution in [2.24, 2.45) is 0 Å². The van der Waals surface area contributed by atoms with Crippen LogP contribution in [0.25, 0.3) is 0 Å². The van der Waals surface area contributed by atoms with E-state index in [0.29, 0.717) is 12.1 Å². The van der Waals surface area contributed by atoms with Gasteiger partial charge in [0.1, 0.15) is 6.33 Å². The third-order valence-corrected chi connectivity index (χ3v) is 3.65. The number of hydrogen-bond acceptors (Lipinski definition) is 6. The number of nitro benzene ring substituents is 1. The van der Waals surface area contributed by atoms with Crippen LogP contribution in [0, 0.1) is 21.4 Å². The normalized spacial score (nSPS) is 10.0. The molecule has 0 amide bonds. The molecule has 0 saturated carbocycles.